The standard InChI is InChI=1S/C19H23FN4O3/c1-11(2)15(18(25)27-3)23-19(26)24-8-7-14-16(22-10-21-14)17(24)12-5-4-6-13(20)9-12/h4-6,9-11,15,17H,7-8H2,1-3H3,(H,21,22)(H,23,26)/t15-,17-/m1/s1. The molecule has 1 aliphatic heterocycles. The monoisotopic (exact) mass is 374 g/mol. The van der Waals surface area contributed by atoms with Crippen LogP contribution in [0, 0.1) is 11.7 Å². The van der Waals surface area contributed by atoms with Crippen LogP contribution in [0.15, 0.2) is 30.6 Å². The van der Waals surface area contributed by atoms with Crippen molar-refractivity contribution >= 4 is 12.0 Å². The Balaban J connectivity index is 1.93. The van der Waals surface area contributed by atoms with E-state index in [4.69, 9.17) is 4.74 Å². The molecule has 1 aliphatic rings. The molecule has 0 saturated heterocycles. The molecule has 7 nitrogen and oxygen atoms in total. The van der Waals surface area contributed by atoms with E-state index in [1.54, 1.807) is 23.4 Å². The van der Waals surface area contributed by atoms with Crippen molar-refractivity contribution in [1.29, 1.82) is 0 Å². The SMILES string of the molecule is COC(=O)[C@H](NC(=O)N1CCc2[nH]cnc2[C@H]1c1cccc(F)c1)C(C)C. The highest BCUT2D eigenvalue weighted by Gasteiger charge is 2.36. The van der Waals surface area contributed by atoms with E-state index in [9.17, 15) is 14.0 Å². The Morgan fingerprint density at radius 2 is 2.19 bits per heavy atom. The maximum atomic E-state index is 13.8. The molecule has 8 heteroatoms. The molecule has 27 heavy (non-hydrogen) atoms. The molecule has 2 amide bonds. The first kappa shape index (κ1) is 18.9. The molecule has 144 valence electrons. The predicted molar refractivity (Wildman–Crippen MR) is 96.4 cm³/mol. The second kappa shape index (κ2) is 7.77. The van der Waals surface area contributed by atoms with E-state index < -0.39 is 24.1 Å². The number of fused-ring (bicyclic) bond motifs is 1. The van der Waals surface area contributed by atoms with Crippen molar-refractivity contribution < 1.29 is 18.7 Å². The van der Waals surface area contributed by atoms with Gasteiger partial charge < -0.3 is 19.9 Å². The fraction of sp³-hybridized carbons (Fsp3) is 0.421. The lowest BCUT2D eigenvalue weighted by molar-refractivity contribution is -0.144. The van der Waals surface area contributed by atoms with Crippen LogP contribution >= 0.6 is 0 Å². The number of hydrogen-bond acceptors (Lipinski definition) is 4. The summed E-state index contributed by atoms with van der Waals surface area (Å²) in [4.78, 5) is 34.0. The van der Waals surface area contributed by atoms with Crippen molar-refractivity contribution in [3.8, 4) is 0 Å². The molecule has 2 atom stereocenters. The lowest BCUT2D eigenvalue weighted by atomic mass is 9.95. The second-order valence-electron chi connectivity index (χ2n) is 6.86. The third kappa shape index (κ3) is 3.79. The molecule has 0 spiro atoms. The molecule has 0 unspecified atom stereocenters. The number of carbonyl (C=O) groups is 2. The van der Waals surface area contributed by atoms with E-state index >= 15 is 0 Å². The zero-order valence-corrected chi connectivity index (χ0v) is 15.5. The number of nitrogens with one attached hydrogen (secondary N) is 2. The van der Waals surface area contributed by atoms with E-state index in [1.807, 2.05) is 13.8 Å². The van der Waals surface area contributed by atoms with Gasteiger partial charge in [-0.3, -0.25) is 0 Å². The van der Waals surface area contributed by atoms with Crippen molar-refractivity contribution in [2.75, 3.05) is 13.7 Å². The molecule has 0 radical (unpaired) electrons. The minimum absolute atomic E-state index is 0.139. The highest BCUT2D eigenvalue weighted by atomic mass is 19.1. The third-order valence-corrected chi connectivity index (χ3v) is 4.75. The Kier molecular flexibility index (Phi) is 5.43. The molecule has 1 aromatic heterocycles. The van der Waals surface area contributed by atoms with Crippen LogP contribution in [0.4, 0.5) is 9.18 Å². The van der Waals surface area contributed by atoms with E-state index in [-0.39, 0.29) is 11.7 Å². The van der Waals surface area contributed by atoms with Crippen LogP contribution in [0.25, 0.3) is 0 Å². The Hall–Kier alpha value is -2.90. The van der Waals surface area contributed by atoms with E-state index in [0.29, 0.717) is 24.2 Å². The van der Waals surface area contributed by atoms with Crippen molar-refractivity contribution in [2.45, 2.75) is 32.4 Å². The Labute approximate surface area is 156 Å². The van der Waals surface area contributed by atoms with Gasteiger partial charge in [0, 0.05) is 18.7 Å². The van der Waals surface area contributed by atoms with Gasteiger partial charge >= 0.3 is 12.0 Å². The summed E-state index contributed by atoms with van der Waals surface area (Å²) in [5.74, 6) is -1.02. The number of hydrogen-bond donors (Lipinski definition) is 2. The van der Waals surface area contributed by atoms with E-state index in [1.165, 1.54) is 19.2 Å². The Morgan fingerprint density at radius 3 is 2.85 bits per heavy atom. The van der Waals surface area contributed by atoms with Gasteiger partial charge in [0.15, 0.2) is 0 Å². The lowest BCUT2D eigenvalue weighted by Crippen LogP contribution is -2.53. The third-order valence-electron chi connectivity index (χ3n) is 4.75. The topological polar surface area (TPSA) is 87.3 Å². The molecular weight excluding hydrogens is 351 g/mol. The van der Waals surface area contributed by atoms with Crippen LogP contribution in [0.3, 0.4) is 0 Å². The highest BCUT2D eigenvalue weighted by Crippen LogP contribution is 2.33. The average molecular weight is 374 g/mol. The molecule has 2 N–H and O–H groups in total. The summed E-state index contributed by atoms with van der Waals surface area (Å²) in [6.07, 6.45) is 2.17. The maximum Gasteiger partial charge on any atom is 0.328 e. The maximum absolute atomic E-state index is 13.8. The summed E-state index contributed by atoms with van der Waals surface area (Å²) in [6.45, 7) is 4.07. The average Bonchev–Trinajstić information content (AvgIpc) is 3.12. The normalized spacial score (nSPS) is 17.4. The number of aromatic amines is 1. The second-order valence-corrected chi connectivity index (χ2v) is 6.86. The van der Waals surface area contributed by atoms with Crippen LogP contribution in [0.5, 0.6) is 0 Å². The number of halogens is 1. The van der Waals surface area contributed by atoms with E-state index in [0.717, 1.165) is 5.69 Å². The summed E-state index contributed by atoms with van der Waals surface area (Å²) in [7, 11) is 1.29. The predicted octanol–water partition coefficient (Wildman–Crippen LogP) is 2.40. The van der Waals surface area contributed by atoms with E-state index in [2.05, 4.69) is 15.3 Å². The van der Waals surface area contributed by atoms with Gasteiger partial charge in [0.1, 0.15) is 17.9 Å². The summed E-state index contributed by atoms with van der Waals surface area (Å²) in [5, 5.41) is 2.75. The van der Waals surface area contributed by atoms with Gasteiger partial charge in [-0.15, -0.1) is 0 Å². The number of urea groups is 1. The number of H-pyrrole nitrogens is 1. The van der Waals surface area contributed by atoms with Crippen molar-refractivity contribution in [3.63, 3.8) is 0 Å². The Bertz CT molecular complexity index is 836. The molecule has 0 saturated carbocycles. The van der Waals surface area contributed by atoms with Gasteiger partial charge in [0.05, 0.1) is 19.1 Å². The van der Waals surface area contributed by atoms with Crippen LogP contribution in [-0.2, 0) is 16.0 Å². The van der Waals surface area contributed by atoms with Gasteiger partial charge in [0.2, 0.25) is 0 Å². The number of aromatic nitrogens is 2. The molecule has 2 aromatic rings. The minimum Gasteiger partial charge on any atom is -0.467 e. The smallest absolute Gasteiger partial charge is 0.328 e. The van der Waals surface area contributed by atoms with Gasteiger partial charge in [0.25, 0.3) is 0 Å². The van der Waals surface area contributed by atoms with Crippen LogP contribution < -0.4 is 5.32 Å². The largest absolute Gasteiger partial charge is 0.467 e. The van der Waals surface area contributed by atoms with Crippen molar-refractivity contribution in [1.82, 2.24) is 20.2 Å². The van der Waals surface area contributed by atoms with Crippen LogP contribution in [0.1, 0.15) is 36.8 Å². The number of imidazole rings is 1. The molecule has 0 fully saturated rings. The lowest BCUT2D eigenvalue weighted by Gasteiger charge is -2.36. The van der Waals surface area contributed by atoms with Gasteiger partial charge in [-0.1, -0.05) is 26.0 Å². The van der Waals surface area contributed by atoms with Crippen LogP contribution in [-0.4, -0.2) is 46.6 Å². The van der Waals surface area contributed by atoms with Gasteiger partial charge in [-0.2, -0.15) is 0 Å². The quantitative estimate of drug-likeness (QED) is 0.805. The number of esters is 1. The number of carbonyl (C=O) groups excluding carboxylic acids is 2. The summed E-state index contributed by atoms with van der Waals surface area (Å²) < 4.78 is 18.6. The first-order chi connectivity index (χ1) is 12.9. The fourth-order valence-corrected chi connectivity index (χ4v) is 3.35. The molecule has 2 heterocycles. The number of benzene rings is 1. The van der Waals surface area contributed by atoms with Crippen molar-refractivity contribution in [2.24, 2.45) is 5.92 Å². The zero-order valence-electron chi connectivity index (χ0n) is 15.5. The molecule has 0 bridgehead atoms. The number of ether oxygens (including phenoxy) is 1. The zero-order chi connectivity index (χ0) is 19.6. The molecule has 0 aliphatic carbocycles. The number of amides is 2. The fourth-order valence-electron chi connectivity index (χ4n) is 3.35. The number of rotatable bonds is 4. The summed E-state index contributed by atoms with van der Waals surface area (Å²) >= 11 is 0. The Morgan fingerprint density at radius 1 is 1.41 bits per heavy atom. The summed E-state index contributed by atoms with van der Waals surface area (Å²) in [5.41, 5.74) is 2.22. The minimum atomic E-state index is -0.767. The highest BCUT2D eigenvalue weighted by molar-refractivity contribution is 5.84. The van der Waals surface area contributed by atoms with Crippen LogP contribution in [0.2, 0.25) is 0 Å². The van der Waals surface area contributed by atoms with Gasteiger partial charge in [-0.05, 0) is 23.6 Å². The van der Waals surface area contributed by atoms with Gasteiger partial charge in [-0.25, -0.2) is 19.0 Å². The van der Waals surface area contributed by atoms with Crippen molar-refractivity contribution in [3.05, 3.63) is 53.4 Å². The molecule has 1 aromatic carbocycles. The first-order valence-corrected chi connectivity index (χ1v) is 8.85. The number of nitrogens with zero attached hydrogens (tertiary/aromatic N) is 2. The summed E-state index contributed by atoms with van der Waals surface area (Å²) in [6, 6.07) is 4.40. The molecular formula is C19H23FN4O3. The number of methoxy groups -OCH3 is 1. The molecule has 3 rings (SSSR count). The first-order valence-electron chi connectivity index (χ1n) is 8.85.